The van der Waals surface area contributed by atoms with Crippen LogP contribution in [0.25, 0.3) is 0 Å². The molecule has 21 heavy (non-hydrogen) atoms. The maximum atomic E-state index is 5.42. The van der Waals surface area contributed by atoms with Crippen molar-refractivity contribution in [3.63, 3.8) is 0 Å². The van der Waals surface area contributed by atoms with Gasteiger partial charge in [-0.2, -0.15) is 0 Å². The molecule has 0 bridgehead atoms. The van der Waals surface area contributed by atoms with Gasteiger partial charge in [-0.05, 0) is 18.2 Å². The normalized spacial score (nSPS) is 15.5. The lowest BCUT2D eigenvalue weighted by molar-refractivity contribution is 0.0389. The first-order valence-electron chi connectivity index (χ1n) is 7.05. The van der Waals surface area contributed by atoms with E-state index in [1.165, 1.54) is 0 Å². The molecule has 0 radical (unpaired) electrons. The van der Waals surface area contributed by atoms with Crippen molar-refractivity contribution in [1.29, 1.82) is 0 Å². The zero-order chi connectivity index (χ0) is 15.1. The molecule has 116 valence electrons. The van der Waals surface area contributed by atoms with Gasteiger partial charge < -0.3 is 19.5 Å². The van der Waals surface area contributed by atoms with Crippen molar-refractivity contribution in [2.24, 2.45) is 0 Å². The molecular weight excluding hydrogens is 288 g/mol. The molecule has 5 nitrogen and oxygen atoms in total. The molecule has 0 aromatic heterocycles. The zero-order valence-electron chi connectivity index (χ0n) is 12.6. The molecule has 1 aliphatic rings. The second-order valence-electron chi connectivity index (χ2n) is 4.78. The van der Waals surface area contributed by atoms with Crippen molar-refractivity contribution in [3.05, 3.63) is 23.8 Å². The summed E-state index contributed by atoms with van der Waals surface area (Å²) in [6, 6.07) is 5.69. The smallest absolute Gasteiger partial charge is 0.161 e. The number of rotatable bonds is 6. The van der Waals surface area contributed by atoms with Crippen LogP contribution in [0.2, 0.25) is 0 Å². The Kier molecular flexibility index (Phi) is 6.22. The largest absolute Gasteiger partial charge is 0.493 e. The second-order valence-corrected chi connectivity index (χ2v) is 5.19. The van der Waals surface area contributed by atoms with E-state index in [0.29, 0.717) is 11.5 Å². The van der Waals surface area contributed by atoms with E-state index < -0.39 is 0 Å². The number of nitrogens with zero attached hydrogens (tertiary/aromatic N) is 1. The molecule has 0 spiro atoms. The molecule has 1 aromatic rings. The molecule has 0 amide bonds. The van der Waals surface area contributed by atoms with Crippen molar-refractivity contribution >= 4 is 17.2 Å². The molecule has 0 aliphatic carbocycles. The highest BCUT2D eigenvalue weighted by Crippen LogP contribution is 2.27. The number of thiocarbonyl (C=S) groups is 1. The van der Waals surface area contributed by atoms with E-state index in [1.54, 1.807) is 14.2 Å². The van der Waals surface area contributed by atoms with Gasteiger partial charge in [-0.25, -0.2) is 0 Å². The Morgan fingerprint density at radius 1 is 1.24 bits per heavy atom. The number of hydrogen-bond donors (Lipinski definition) is 1. The first-order valence-corrected chi connectivity index (χ1v) is 7.45. The van der Waals surface area contributed by atoms with E-state index in [4.69, 9.17) is 26.4 Å². The first-order chi connectivity index (χ1) is 10.2. The molecule has 1 fully saturated rings. The molecule has 0 unspecified atom stereocenters. The Morgan fingerprint density at radius 3 is 2.62 bits per heavy atom. The number of benzene rings is 1. The lowest BCUT2D eigenvalue weighted by Crippen LogP contribution is -2.41. The van der Waals surface area contributed by atoms with Crippen LogP contribution in [-0.4, -0.2) is 63.5 Å². The molecule has 1 N–H and O–H groups in total. The molecule has 1 heterocycles. The summed E-state index contributed by atoms with van der Waals surface area (Å²) >= 11 is 5.42. The van der Waals surface area contributed by atoms with E-state index in [1.807, 2.05) is 18.2 Å². The van der Waals surface area contributed by atoms with Crippen molar-refractivity contribution in [2.45, 2.75) is 0 Å². The van der Waals surface area contributed by atoms with E-state index in [-0.39, 0.29) is 0 Å². The third kappa shape index (κ3) is 4.56. The fourth-order valence-electron chi connectivity index (χ4n) is 2.23. The average molecular weight is 310 g/mol. The van der Waals surface area contributed by atoms with Gasteiger partial charge in [-0.15, -0.1) is 0 Å². The standard InChI is InChI=1S/C15H22N2O3S/c1-18-13-4-3-12(11-14(13)19-2)15(21)16-5-6-17-7-9-20-10-8-17/h3-4,11H,5-10H2,1-2H3,(H,16,21). The molecule has 1 saturated heterocycles. The van der Waals surface area contributed by atoms with Crippen LogP contribution in [0.1, 0.15) is 5.56 Å². The maximum absolute atomic E-state index is 5.42. The van der Waals surface area contributed by atoms with Gasteiger partial charge in [0.25, 0.3) is 0 Å². The number of nitrogens with one attached hydrogen (secondary N) is 1. The predicted molar refractivity (Wildman–Crippen MR) is 86.5 cm³/mol. The molecule has 6 heteroatoms. The molecule has 1 aliphatic heterocycles. The quantitative estimate of drug-likeness (QED) is 0.799. The summed E-state index contributed by atoms with van der Waals surface area (Å²) in [5.41, 5.74) is 0.935. The number of hydrogen-bond acceptors (Lipinski definition) is 5. The van der Waals surface area contributed by atoms with Crippen LogP contribution < -0.4 is 14.8 Å². The van der Waals surface area contributed by atoms with Crippen LogP contribution in [-0.2, 0) is 4.74 Å². The van der Waals surface area contributed by atoms with Crippen LogP contribution >= 0.6 is 12.2 Å². The van der Waals surface area contributed by atoms with Crippen molar-refractivity contribution in [3.8, 4) is 11.5 Å². The second kappa shape index (κ2) is 8.17. The molecule has 1 aromatic carbocycles. The van der Waals surface area contributed by atoms with E-state index in [2.05, 4.69) is 10.2 Å². The summed E-state index contributed by atoms with van der Waals surface area (Å²) < 4.78 is 15.8. The van der Waals surface area contributed by atoms with E-state index in [0.717, 1.165) is 49.9 Å². The van der Waals surface area contributed by atoms with E-state index in [9.17, 15) is 0 Å². The molecule has 2 rings (SSSR count). The number of morpholine rings is 1. The van der Waals surface area contributed by atoms with Crippen LogP contribution in [0.15, 0.2) is 18.2 Å². The Bertz CT molecular complexity index is 476. The minimum atomic E-state index is 0.687. The van der Waals surface area contributed by atoms with Crippen LogP contribution in [0, 0.1) is 0 Å². The van der Waals surface area contributed by atoms with E-state index >= 15 is 0 Å². The third-order valence-electron chi connectivity index (χ3n) is 3.46. The number of ether oxygens (including phenoxy) is 3. The highest BCUT2D eigenvalue weighted by molar-refractivity contribution is 7.80. The lowest BCUT2D eigenvalue weighted by Gasteiger charge is -2.26. The average Bonchev–Trinajstić information content (AvgIpc) is 2.55. The third-order valence-corrected chi connectivity index (χ3v) is 3.84. The van der Waals surface area contributed by atoms with Crippen LogP contribution in [0.3, 0.4) is 0 Å². The van der Waals surface area contributed by atoms with Gasteiger partial charge in [-0.3, -0.25) is 4.90 Å². The molecule has 0 atom stereocenters. The van der Waals surface area contributed by atoms with Crippen molar-refractivity contribution < 1.29 is 14.2 Å². The van der Waals surface area contributed by atoms with Gasteiger partial charge in [-0.1, -0.05) is 12.2 Å². The number of methoxy groups -OCH3 is 2. The summed E-state index contributed by atoms with van der Waals surface area (Å²) in [7, 11) is 3.24. The first kappa shape index (κ1) is 16.0. The van der Waals surface area contributed by atoms with Gasteiger partial charge in [0.15, 0.2) is 11.5 Å². The summed E-state index contributed by atoms with van der Waals surface area (Å²) in [5.74, 6) is 1.39. The Morgan fingerprint density at radius 2 is 1.95 bits per heavy atom. The highest BCUT2D eigenvalue weighted by Gasteiger charge is 2.11. The zero-order valence-corrected chi connectivity index (χ0v) is 13.4. The fraction of sp³-hybridized carbons (Fsp3) is 0.533. The fourth-order valence-corrected chi connectivity index (χ4v) is 2.46. The minimum absolute atomic E-state index is 0.687. The van der Waals surface area contributed by atoms with Gasteiger partial charge in [0, 0.05) is 31.7 Å². The molecular formula is C15H22N2O3S. The molecule has 0 saturated carbocycles. The van der Waals surface area contributed by atoms with Gasteiger partial charge >= 0.3 is 0 Å². The SMILES string of the molecule is COc1ccc(C(=S)NCCN2CCOCC2)cc1OC. The maximum Gasteiger partial charge on any atom is 0.161 e. The van der Waals surface area contributed by atoms with Crippen LogP contribution in [0.5, 0.6) is 11.5 Å². The summed E-state index contributed by atoms with van der Waals surface area (Å²) in [5, 5.41) is 3.29. The monoisotopic (exact) mass is 310 g/mol. The minimum Gasteiger partial charge on any atom is -0.493 e. The summed E-state index contributed by atoms with van der Waals surface area (Å²) in [4.78, 5) is 3.09. The summed E-state index contributed by atoms with van der Waals surface area (Å²) in [6.45, 7) is 5.42. The van der Waals surface area contributed by atoms with Crippen molar-refractivity contribution in [2.75, 3.05) is 53.6 Å². The Labute approximate surface area is 131 Å². The summed E-state index contributed by atoms with van der Waals surface area (Å²) in [6.07, 6.45) is 0. The highest BCUT2D eigenvalue weighted by atomic mass is 32.1. The van der Waals surface area contributed by atoms with Gasteiger partial charge in [0.1, 0.15) is 4.99 Å². The van der Waals surface area contributed by atoms with Crippen molar-refractivity contribution in [1.82, 2.24) is 10.2 Å². The lowest BCUT2D eigenvalue weighted by atomic mass is 10.2. The Hall–Kier alpha value is -1.37. The van der Waals surface area contributed by atoms with Crippen LogP contribution in [0.4, 0.5) is 0 Å². The van der Waals surface area contributed by atoms with Gasteiger partial charge in [0.2, 0.25) is 0 Å². The van der Waals surface area contributed by atoms with Gasteiger partial charge in [0.05, 0.1) is 27.4 Å². The topological polar surface area (TPSA) is 43.0 Å². The predicted octanol–water partition coefficient (Wildman–Crippen LogP) is 1.30. The Balaban J connectivity index is 1.85.